The molecule has 2 rings (SSSR count). The van der Waals surface area contributed by atoms with Crippen LogP contribution < -0.4 is 5.32 Å². The smallest absolute Gasteiger partial charge is 0.335 e. The average molecular weight is 271 g/mol. The topological polar surface area (TPSA) is 92.2 Å². The van der Waals surface area contributed by atoms with Gasteiger partial charge in [-0.05, 0) is 31.2 Å². The Balaban J connectivity index is 1.97. The highest BCUT2D eigenvalue weighted by molar-refractivity contribution is 5.95. The van der Waals surface area contributed by atoms with Gasteiger partial charge in [0.1, 0.15) is 0 Å². The van der Waals surface area contributed by atoms with Gasteiger partial charge in [0.15, 0.2) is 0 Å². The van der Waals surface area contributed by atoms with E-state index >= 15 is 0 Å². The quantitative estimate of drug-likeness (QED) is 0.877. The van der Waals surface area contributed by atoms with E-state index in [-0.39, 0.29) is 18.0 Å². The van der Waals surface area contributed by atoms with E-state index in [2.05, 4.69) is 15.3 Å². The molecule has 0 aliphatic carbocycles. The predicted octanol–water partition coefficient (Wildman–Crippen LogP) is 1.41. The third-order valence-electron chi connectivity index (χ3n) is 2.66. The zero-order valence-electron chi connectivity index (χ0n) is 10.8. The lowest BCUT2D eigenvalue weighted by Crippen LogP contribution is -2.23. The number of carbonyl (C=O) groups is 2. The number of aromatic carboxylic acids is 1. The maximum absolute atomic E-state index is 11.9. The molecule has 0 spiro atoms. The minimum absolute atomic E-state index is 0.144. The summed E-state index contributed by atoms with van der Waals surface area (Å²) in [5, 5.41) is 11.5. The van der Waals surface area contributed by atoms with Gasteiger partial charge in [-0.3, -0.25) is 14.8 Å². The van der Waals surface area contributed by atoms with Crippen molar-refractivity contribution >= 4 is 11.9 Å². The lowest BCUT2D eigenvalue weighted by Gasteiger charge is -2.05. The molecule has 1 amide bonds. The Morgan fingerprint density at radius 3 is 2.30 bits per heavy atom. The molecule has 0 unspecified atom stereocenters. The van der Waals surface area contributed by atoms with Gasteiger partial charge >= 0.3 is 5.97 Å². The van der Waals surface area contributed by atoms with Crippen molar-refractivity contribution in [1.82, 2.24) is 15.3 Å². The molecule has 2 N–H and O–H groups in total. The van der Waals surface area contributed by atoms with E-state index in [0.29, 0.717) is 11.3 Å². The Kier molecular flexibility index (Phi) is 4.05. The second-order valence-corrected chi connectivity index (χ2v) is 4.21. The summed E-state index contributed by atoms with van der Waals surface area (Å²) in [5.41, 5.74) is 2.01. The maximum atomic E-state index is 11.9. The number of carboxylic acid groups (broad SMARTS) is 1. The van der Waals surface area contributed by atoms with Crippen LogP contribution in [-0.2, 0) is 6.54 Å². The standard InChI is InChI=1S/C14H13N3O3/c1-9-6-16-12(7-15-9)8-17-13(18)10-2-4-11(5-3-10)14(19)20/h2-7H,8H2,1H3,(H,17,18)(H,19,20). The van der Waals surface area contributed by atoms with Crippen LogP contribution in [0.1, 0.15) is 32.1 Å². The Bertz CT molecular complexity index is 621. The molecule has 0 bridgehead atoms. The van der Waals surface area contributed by atoms with E-state index in [4.69, 9.17) is 5.11 Å². The van der Waals surface area contributed by atoms with Gasteiger partial charge in [0.2, 0.25) is 0 Å². The van der Waals surface area contributed by atoms with E-state index in [9.17, 15) is 9.59 Å². The van der Waals surface area contributed by atoms with Crippen molar-refractivity contribution < 1.29 is 14.7 Å². The van der Waals surface area contributed by atoms with Crippen molar-refractivity contribution in [1.29, 1.82) is 0 Å². The summed E-state index contributed by atoms with van der Waals surface area (Å²) in [7, 11) is 0. The SMILES string of the molecule is Cc1cnc(CNC(=O)c2ccc(C(=O)O)cc2)cn1. The van der Waals surface area contributed by atoms with Gasteiger partial charge in [-0.1, -0.05) is 0 Å². The second kappa shape index (κ2) is 5.92. The molecule has 2 aromatic rings. The number of hydrogen-bond acceptors (Lipinski definition) is 4. The van der Waals surface area contributed by atoms with E-state index in [1.54, 1.807) is 12.4 Å². The average Bonchev–Trinajstić information content (AvgIpc) is 2.46. The maximum Gasteiger partial charge on any atom is 0.335 e. The number of aromatic nitrogens is 2. The van der Waals surface area contributed by atoms with E-state index in [1.807, 2.05) is 6.92 Å². The molecule has 0 aliphatic heterocycles. The number of rotatable bonds is 4. The fourth-order valence-corrected chi connectivity index (χ4v) is 1.55. The third-order valence-corrected chi connectivity index (χ3v) is 2.66. The van der Waals surface area contributed by atoms with Gasteiger partial charge in [-0.25, -0.2) is 4.79 Å². The third kappa shape index (κ3) is 3.38. The van der Waals surface area contributed by atoms with Crippen molar-refractivity contribution in [3.05, 3.63) is 59.2 Å². The molecule has 0 atom stereocenters. The molecule has 0 saturated heterocycles. The van der Waals surface area contributed by atoms with Crippen molar-refractivity contribution in [3.63, 3.8) is 0 Å². The summed E-state index contributed by atoms with van der Waals surface area (Å²) < 4.78 is 0. The van der Waals surface area contributed by atoms with E-state index in [1.165, 1.54) is 24.3 Å². The lowest BCUT2D eigenvalue weighted by molar-refractivity contribution is 0.0696. The highest BCUT2D eigenvalue weighted by Crippen LogP contribution is 2.05. The van der Waals surface area contributed by atoms with Crippen LogP contribution in [-0.4, -0.2) is 27.0 Å². The molecule has 1 aromatic heterocycles. The molecule has 0 aliphatic rings. The normalized spacial score (nSPS) is 10.1. The zero-order valence-corrected chi connectivity index (χ0v) is 10.8. The molecular weight excluding hydrogens is 258 g/mol. The molecule has 0 fully saturated rings. The monoisotopic (exact) mass is 271 g/mol. The van der Waals surface area contributed by atoms with Crippen LogP contribution in [0.25, 0.3) is 0 Å². The number of nitrogens with one attached hydrogen (secondary N) is 1. The molecule has 6 nitrogen and oxygen atoms in total. The molecule has 20 heavy (non-hydrogen) atoms. The minimum atomic E-state index is -1.02. The summed E-state index contributed by atoms with van der Waals surface area (Å²) in [6.45, 7) is 2.10. The summed E-state index contributed by atoms with van der Waals surface area (Å²) in [4.78, 5) is 30.8. The highest BCUT2D eigenvalue weighted by Gasteiger charge is 2.07. The van der Waals surface area contributed by atoms with Gasteiger partial charge in [-0.2, -0.15) is 0 Å². The summed E-state index contributed by atoms with van der Waals surface area (Å²) in [5.74, 6) is -1.31. The van der Waals surface area contributed by atoms with Gasteiger partial charge in [0, 0.05) is 11.8 Å². The van der Waals surface area contributed by atoms with Crippen molar-refractivity contribution in [2.24, 2.45) is 0 Å². The number of carboxylic acids is 1. The number of aryl methyl sites for hydroxylation is 1. The van der Waals surface area contributed by atoms with Crippen LogP contribution in [0.5, 0.6) is 0 Å². The Morgan fingerprint density at radius 1 is 1.10 bits per heavy atom. The molecule has 1 heterocycles. The number of carbonyl (C=O) groups excluding carboxylic acids is 1. The van der Waals surface area contributed by atoms with Crippen LogP contribution in [0.2, 0.25) is 0 Å². The Hall–Kier alpha value is -2.76. The first kappa shape index (κ1) is 13.7. The van der Waals surface area contributed by atoms with E-state index < -0.39 is 5.97 Å². The van der Waals surface area contributed by atoms with Crippen LogP contribution in [0.15, 0.2) is 36.7 Å². The zero-order chi connectivity index (χ0) is 14.5. The van der Waals surface area contributed by atoms with Crippen LogP contribution >= 0.6 is 0 Å². The van der Waals surface area contributed by atoms with E-state index in [0.717, 1.165) is 5.69 Å². The summed E-state index contributed by atoms with van der Waals surface area (Å²) >= 11 is 0. The number of benzene rings is 1. The molecule has 0 radical (unpaired) electrons. The van der Waals surface area contributed by atoms with Crippen molar-refractivity contribution in [2.45, 2.75) is 13.5 Å². The van der Waals surface area contributed by atoms with Gasteiger partial charge < -0.3 is 10.4 Å². The molecule has 102 valence electrons. The first-order valence-corrected chi connectivity index (χ1v) is 5.95. The molecule has 1 aromatic carbocycles. The first-order valence-electron chi connectivity index (χ1n) is 5.95. The first-order chi connectivity index (χ1) is 9.56. The molecule has 0 saturated carbocycles. The van der Waals surface area contributed by atoms with Crippen LogP contribution in [0.4, 0.5) is 0 Å². The molecule has 6 heteroatoms. The summed E-state index contributed by atoms with van der Waals surface area (Å²) in [6, 6.07) is 5.73. The van der Waals surface area contributed by atoms with Gasteiger partial charge in [0.25, 0.3) is 5.91 Å². The minimum Gasteiger partial charge on any atom is -0.478 e. The number of amides is 1. The van der Waals surface area contributed by atoms with Gasteiger partial charge in [-0.15, -0.1) is 0 Å². The van der Waals surface area contributed by atoms with Crippen molar-refractivity contribution in [2.75, 3.05) is 0 Å². The number of nitrogens with zero attached hydrogens (tertiary/aromatic N) is 2. The Morgan fingerprint density at radius 2 is 1.75 bits per heavy atom. The van der Waals surface area contributed by atoms with Crippen molar-refractivity contribution in [3.8, 4) is 0 Å². The Labute approximate surface area is 115 Å². The van der Waals surface area contributed by atoms with Crippen LogP contribution in [0.3, 0.4) is 0 Å². The summed E-state index contributed by atoms with van der Waals surface area (Å²) in [6.07, 6.45) is 3.23. The predicted molar refractivity (Wildman–Crippen MR) is 71.3 cm³/mol. The lowest BCUT2D eigenvalue weighted by atomic mass is 10.1. The second-order valence-electron chi connectivity index (χ2n) is 4.21. The highest BCUT2D eigenvalue weighted by atomic mass is 16.4. The molecular formula is C14H13N3O3. The van der Waals surface area contributed by atoms with Gasteiger partial charge in [0.05, 0.1) is 29.7 Å². The fraction of sp³-hybridized carbons (Fsp3) is 0.143. The largest absolute Gasteiger partial charge is 0.478 e. The van der Waals surface area contributed by atoms with Crippen LogP contribution in [0, 0.1) is 6.92 Å². The number of hydrogen-bond donors (Lipinski definition) is 2. The fourth-order valence-electron chi connectivity index (χ4n) is 1.55.